The van der Waals surface area contributed by atoms with Crippen molar-refractivity contribution in [1.29, 1.82) is 0 Å². The van der Waals surface area contributed by atoms with Gasteiger partial charge in [0, 0.05) is 17.6 Å². The molecule has 0 amide bonds. The molecule has 2 aliphatic rings. The van der Waals surface area contributed by atoms with Gasteiger partial charge in [-0.3, -0.25) is 4.57 Å². The first kappa shape index (κ1) is 22.7. The number of hydrogen-bond acceptors (Lipinski definition) is 7. The molecule has 9 nitrogen and oxygen atoms in total. The average Bonchev–Trinajstić information content (AvgIpc) is 3.17. The predicted molar refractivity (Wildman–Crippen MR) is 126 cm³/mol. The highest BCUT2D eigenvalue weighted by Crippen LogP contribution is 2.46. The fourth-order valence-electron chi connectivity index (χ4n) is 4.80. The van der Waals surface area contributed by atoms with Crippen molar-refractivity contribution in [2.45, 2.75) is 62.4 Å². The van der Waals surface area contributed by atoms with Crippen LogP contribution >= 0.6 is 0 Å². The van der Waals surface area contributed by atoms with Gasteiger partial charge in [0.25, 0.3) is 0 Å². The van der Waals surface area contributed by atoms with Crippen LogP contribution in [0, 0.1) is 5.82 Å². The number of nitrogens with two attached hydrogens (primary N) is 1. The van der Waals surface area contributed by atoms with E-state index >= 15 is 4.39 Å². The molecule has 1 saturated carbocycles. The highest BCUT2D eigenvalue weighted by molar-refractivity contribution is 7.89. The first-order valence-corrected chi connectivity index (χ1v) is 12.7. The van der Waals surface area contributed by atoms with Gasteiger partial charge in [-0.25, -0.2) is 27.9 Å². The molecule has 0 bridgehead atoms. The van der Waals surface area contributed by atoms with Crippen molar-refractivity contribution in [2.75, 3.05) is 10.3 Å². The third kappa shape index (κ3) is 3.61. The molecule has 3 aromatic rings. The highest BCUT2D eigenvalue weighted by atomic mass is 32.2. The lowest BCUT2D eigenvalue weighted by Crippen LogP contribution is -2.48. The number of benzene rings is 1. The SMILES string of the molecule is CC(C)N1N=C(F)C2(CCCCC2)n2c1cc1cnc(Nc3ccc(S(N)(=O)=O)cc3F)nc12. The summed E-state index contributed by atoms with van der Waals surface area (Å²) in [5.74, 6) is -0.409. The van der Waals surface area contributed by atoms with Gasteiger partial charge in [0.05, 0.1) is 10.6 Å². The molecule has 1 fully saturated rings. The van der Waals surface area contributed by atoms with E-state index in [-0.39, 0.29) is 22.6 Å². The van der Waals surface area contributed by atoms with E-state index in [1.54, 1.807) is 11.2 Å². The molecule has 1 aliphatic heterocycles. The van der Waals surface area contributed by atoms with Gasteiger partial charge in [-0.1, -0.05) is 19.3 Å². The van der Waals surface area contributed by atoms with Crippen LogP contribution in [0.1, 0.15) is 46.0 Å². The number of halogens is 2. The first-order valence-electron chi connectivity index (χ1n) is 11.1. The van der Waals surface area contributed by atoms with E-state index in [1.165, 1.54) is 12.1 Å². The fourth-order valence-corrected chi connectivity index (χ4v) is 5.32. The number of hydrazone groups is 1. The Morgan fingerprint density at radius 2 is 1.88 bits per heavy atom. The topological polar surface area (TPSA) is 118 Å². The van der Waals surface area contributed by atoms with Crippen LogP contribution in [0.2, 0.25) is 0 Å². The Bertz CT molecular complexity index is 1410. The van der Waals surface area contributed by atoms with Crippen LogP contribution in [-0.4, -0.2) is 35.0 Å². The van der Waals surface area contributed by atoms with E-state index in [4.69, 9.17) is 5.14 Å². The molecule has 34 heavy (non-hydrogen) atoms. The molecule has 3 N–H and O–H groups in total. The summed E-state index contributed by atoms with van der Waals surface area (Å²) in [6.45, 7) is 3.87. The van der Waals surface area contributed by atoms with E-state index in [2.05, 4.69) is 20.4 Å². The third-order valence-corrected chi connectivity index (χ3v) is 7.36. The van der Waals surface area contributed by atoms with E-state index in [0.29, 0.717) is 23.9 Å². The normalized spacial score (nSPS) is 17.8. The zero-order valence-corrected chi connectivity index (χ0v) is 19.6. The minimum Gasteiger partial charge on any atom is -0.322 e. The number of sulfonamides is 1. The second kappa shape index (κ2) is 7.98. The van der Waals surface area contributed by atoms with Crippen LogP contribution in [-0.2, 0) is 15.6 Å². The van der Waals surface area contributed by atoms with Gasteiger partial charge in [-0.15, -0.1) is 5.10 Å². The maximum atomic E-state index is 15.6. The largest absolute Gasteiger partial charge is 0.322 e. The Labute approximate surface area is 195 Å². The molecule has 1 aromatic carbocycles. The summed E-state index contributed by atoms with van der Waals surface area (Å²) in [6, 6.07) is 5.10. The molecule has 0 unspecified atom stereocenters. The molecule has 0 radical (unpaired) electrons. The van der Waals surface area contributed by atoms with Gasteiger partial charge in [-0.05, 0) is 51.0 Å². The number of anilines is 3. The molecular formula is C22H25F2N7O2S. The zero-order valence-electron chi connectivity index (χ0n) is 18.8. The van der Waals surface area contributed by atoms with Crippen LogP contribution in [0.5, 0.6) is 0 Å². The molecule has 1 spiro atoms. The van der Waals surface area contributed by atoms with E-state index < -0.39 is 27.3 Å². The molecule has 5 rings (SSSR count). The van der Waals surface area contributed by atoms with Crippen molar-refractivity contribution in [3.63, 3.8) is 0 Å². The lowest BCUT2D eigenvalue weighted by atomic mass is 9.81. The number of nitrogens with zero attached hydrogens (tertiary/aromatic N) is 5. The quantitative estimate of drug-likeness (QED) is 0.569. The van der Waals surface area contributed by atoms with E-state index in [0.717, 1.165) is 31.1 Å². The maximum Gasteiger partial charge on any atom is 0.238 e. The van der Waals surface area contributed by atoms with Gasteiger partial charge >= 0.3 is 0 Å². The summed E-state index contributed by atoms with van der Waals surface area (Å²) in [4.78, 5) is 8.56. The monoisotopic (exact) mass is 489 g/mol. The average molecular weight is 490 g/mol. The Kier molecular flexibility index (Phi) is 5.32. The number of fused-ring (bicyclic) bond motifs is 4. The van der Waals surface area contributed by atoms with Crippen LogP contribution in [0.25, 0.3) is 11.0 Å². The third-order valence-electron chi connectivity index (χ3n) is 6.45. The number of aromatic nitrogens is 3. The van der Waals surface area contributed by atoms with Crippen LogP contribution in [0.4, 0.5) is 26.2 Å². The van der Waals surface area contributed by atoms with Crippen molar-refractivity contribution < 1.29 is 17.2 Å². The number of primary sulfonamides is 1. The second-order valence-corrected chi connectivity index (χ2v) is 10.6. The van der Waals surface area contributed by atoms with Crippen LogP contribution in [0.3, 0.4) is 0 Å². The standard InChI is InChI=1S/C22H25F2N7O2S/c1-13(2)31-18-10-14-12-26-21(27-17-7-6-15(11-16(17)23)34(25,32)33)28-19(14)30(18)22(20(24)29-31)8-4-3-5-9-22/h6-7,10-13H,3-5,8-9H2,1-2H3,(H2,25,32,33)(H,26,27,28). The zero-order chi connectivity index (χ0) is 24.3. The van der Waals surface area contributed by atoms with Crippen molar-refractivity contribution in [2.24, 2.45) is 10.2 Å². The van der Waals surface area contributed by atoms with Crippen LogP contribution in [0.15, 0.2) is 40.5 Å². The Morgan fingerprint density at radius 1 is 1.15 bits per heavy atom. The summed E-state index contributed by atoms with van der Waals surface area (Å²) >= 11 is 0. The highest BCUT2D eigenvalue weighted by Gasteiger charge is 2.46. The molecule has 0 atom stereocenters. The van der Waals surface area contributed by atoms with Crippen LogP contribution < -0.4 is 15.5 Å². The van der Waals surface area contributed by atoms with Gasteiger partial charge in [0.2, 0.25) is 21.9 Å². The number of hydrogen-bond donors (Lipinski definition) is 2. The molecular weight excluding hydrogens is 464 g/mol. The summed E-state index contributed by atoms with van der Waals surface area (Å²) in [7, 11) is -4.03. The minimum atomic E-state index is -4.03. The van der Waals surface area contributed by atoms with Gasteiger partial charge in [-0.2, -0.15) is 9.37 Å². The predicted octanol–water partition coefficient (Wildman–Crippen LogP) is 4.13. The van der Waals surface area contributed by atoms with Gasteiger partial charge in [0.1, 0.15) is 22.8 Å². The fraction of sp³-hybridized carbons (Fsp3) is 0.409. The summed E-state index contributed by atoms with van der Waals surface area (Å²) < 4.78 is 55.0. The maximum absolute atomic E-state index is 15.6. The molecule has 1 aliphatic carbocycles. The number of rotatable bonds is 4. The summed E-state index contributed by atoms with van der Waals surface area (Å²) in [5.41, 5.74) is -0.401. The molecule has 0 saturated heterocycles. The van der Waals surface area contributed by atoms with E-state index in [1.807, 2.05) is 24.5 Å². The van der Waals surface area contributed by atoms with Crippen molar-refractivity contribution in [3.05, 3.63) is 36.3 Å². The minimum absolute atomic E-state index is 0.0129. The Morgan fingerprint density at radius 3 is 2.53 bits per heavy atom. The first-order chi connectivity index (χ1) is 16.1. The summed E-state index contributed by atoms with van der Waals surface area (Å²) in [6.07, 6.45) is 5.61. The van der Waals surface area contributed by atoms with E-state index in [9.17, 15) is 12.8 Å². The lowest BCUT2D eigenvalue weighted by Gasteiger charge is -2.43. The Hall–Kier alpha value is -3.12. The summed E-state index contributed by atoms with van der Waals surface area (Å²) in [5, 5.41) is 14.5. The van der Waals surface area contributed by atoms with Gasteiger partial charge in [0.15, 0.2) is 0 Å². The van der Waals surface area contributed by atoms with Crippen molar-refractivity contribution in [3.8, 4) is 0 Å². The smallest absolute Gasteiger partial charge is 0.238 e. The molecule has 3 heterocycles. The van der Waals surface area contributed by atoms with Gasteiger partial charge < -0.3 is 5.32 Å². The Balaban J connectivity index is 1.61. The number of nitrogens with one attached hydrogen (secondary N) is 1. The second-order valence-electron chi connectivity index (χ2n) is 9.04. The van der Waals surface area contributed by atoms with Crippen molar-refractivity contribution >= 4 is 44.5 Å². The molecule has 12 heteroatoms. The molecule has 2 aromatic heterocycles. The lowest BCUT2D eigenvalue weighted by molar-refractivity contribution is 0.261. The van der Waals surface area contributed by atoms with Crippen molar-refractivity contribution in [1.82, 2.24) is 14.5 Å². The molecule has 180 valence electrons.